The largest absolute Gasteiger partial charge is 0.465 e. The molecule has 146 valence electrons. The molecule has 1 amide bonds. The molecule has 28 heavy (non-hydrogen) atoms. The molecular formula is C21H21BrN2O2S2. The second kappa shape index (κ2) is 10.1. The van der Waals surface area contributed by atoms with Crippen molar-refractivity contribution < 1.29 is 9.53 Å². The topological polar surface area (TPSA) is 51.2 Å². The van der Waals surface area contributed by atoms with Crippen molar-refractivity contribution in [2.75, 3.05) is 11.1 Å². The predicted octanol–water partition coefficient (Wildman–Crippen LogP) is 6.19. The van der Waals surface area contributed by atoms with Crippen LogP contribution in [-0.4, -0.2) is 16.6 Å². The zero-order chi connectivity index (χ0) is 19.9. The summed E-state index contributed by atoms with van der Waals surface area (Å²) in [6.07, 6.45) is 10.1. The van der Waals surface area contributed by atoms with Gasteiger partial charge in [-0.05, 0) is 29.8 Å². The highest BCUT2D eigenvalue weighted by Crippen LogP contribution is 2.31. The van der Waals surface area contributed by atoms with Crippen LogP contribution in [0.5, 0.6) is 0 Å². The first-order valence-electron chi connectivity index (χ1n) is 8.88. The molecular weight excluding hydrogens is 456 g/mol. The van der Waals surface area contributed by atoms with Gasteiger partial charge in [-0.3, -0.25) is 4.79 Å². The van der Waals surface area contributed by atoms with Crippen LogP contribution in [0.25, 0.3) is 0 Å². The molecule has 0 bridgehead atoms. The second-order valence-corrected chi connectivity index (χ2v) is 9.69. The van der Waals surface area contributed by atoms with Crippen LogP contribution in [0.1, 0.15) is 19.4 Å². The van der Waals surface area contributed by atoms with Gasteiger partial charge in [0.1, 0.15) is 11.5 Å². The van der Waals surface area contributed by atoms with Gasteiger partial charge in [0, 0.05) is 10.4 Å². The Labute approximate surface area is 181 Å². The summed E-state index contributed by atoms with van der Waals surface area (Å²) in [7, 11) is 0. The van der Waals surface area contributed by atoms with E-state index in [0.29, 0.717) is 23.2 Å². The monoisotopic (exact) mass is 476 g/mol. The lowest BCUT2D eigenvalue weighted by Crippen LogP contribution is -2.13. The predicted molar refractivity (Wildman–Crippen MR) is 121 cm³/mol. The van der Waals surface area contributed by atoms with Crippen LogP contribution in [0.2, 0.25) is 0 Å². The van der Waals surface area contributed by atoms with E-state index in [0.717, 1.165) is 25.8 Å². The maximum absolute atomic E-state index is 12.2. The molecule has 0 fully saturated rings. The number of thiazole rings is 1. The SMILES string of the molecule is CC(C)C1=CC=CC=C(CSc2cnc(NC(=O)Cc3ccc(Br)cc3)s2)O1. The van der Waals surface area contributed by atoms with E-state index in [1.807, 2.05) is 48.6 Å². The van der Waals surface area contributed by atoms with Crippen molar-refractivity contribution in [2.45, 2.75) is 24.5 Å². The third-order valence-electron chi connectivity index (χ3n) is 3.84. The molecule has 1 aliphatic heterocycles. The van der Waals surface area contributed by atoms with Crippen molar-refractivity contribution in [1.29, 1.82) is 0 Å². The number of hydrogen-bond donors (Lipinski definition) is 1. The van der Waals surface area contributed by atoms with Crippen molar-refractivity contribution in [1.82, 2.24) is 4.98 Å². The van der Waals surface area contributed by atoms with Gasteiger partial charge in [0.15, 0.2) is 5.13 Å². The second-order valence-electron chi connectivity index (χ2n) is 6.47. The van der Waals surface area contributed by atoms with Crippen LogP contribution >= 0.6 is 39.0 Å². The minimum atomic E-state index is -0.0696. The molecule has 7 heteroatoms. The summed E-state index contributed by atoms with van der Waals surface area (Å²) in [6, 6.07) is 7.73. The molecule has 0 atom stereocenters. The number of aromatic nitrogens is 1. The lowest BCUT2D eigenvalue weighted by Gasteiger charge is -2.14. The molecule has 0 saturated heterocycles. The Morgan fingerprint density at radius 1 is 1.25 bits per heavy atom. The summed E-state index contributed by atoms with van der Waals surface area (Å²) in [5, 5.41) is 3.49. The normalized spacial score (nSPS) is 13.6. The van der Waals surface area contributed by atoms with E-state index >= 15 is 0 Å². The highest BCUT2D eigenvalue weighted by molar-refractivity contribution is 9.10. The van der Waals surface area contributed by atoms with Crippen molar-refractivity contribution in [2.24, 2.45) is 5.92 Å². The Hall–Kier alpha value is -1.83. The van der Waals surface area contributed by atoms with Crippen molar-refractivity contribution in [3.8, 4) is 0 Å². The summed E-state index contributed by atoms with van der Waals surface area (Å²) < 4.78 is 8.02. The smallest absolute Gasteiger partial charge is 0.230 e. The third kappa shape index (κ3) is 6.36. The van der Waals surface area contributed by atoms with E-state index in [1.165, 1.54) is 11.3 Å². The molecule has 0 aliphatic carbocycles. The molecule has 2 heterocycles. The first-order valence-corrected chi connectivity index (χ1v) is 11.5. The number of nitrogens with one attached hydrogen (secondary N) is 1. The molecule has 0 radical (unpaired) electrons. The highest BCUT2D eigenvalue weighted by Gasteiger charge is 2.12. The van der Waals surface area contributed by atoms with Gasteiger partial charge in [0.05, 0.1) is 22.6 Å². The fraction of sp³-hybridized carbons (Fsp3) is 0.238. The number of carbonyl (C=O) groups excluding carboxylic acids is 1. The van der Waals surface area contributed by atoms with Crippen LogP contribution in [0.3, 0.4) is 0 Å². The van der Waals surface area contributed by atoms with Crippen LogP contribution < -0.4 is 5.32 Å². The summed E-state index contributed by atoms with van der Waals surface area (Å²) in [4.78, 5) is 16.5. The van der Waals surface area contributed by atoms with Gasteiger partial charge >= 0.3 is 0 Å². The lowest BCUT2D eigenvalue weighted by atomic mass is 10.1. The maximum Gasteiger partial charge on any atom is 0.230 e. The molecule has 1 aromatic heterocycles. The van der Waals surface area contributed by atoms with Gasteiger partial charge in [0.2, 0.25) is 5.91 Å². The van der Waals surface area contributed by atoms with E-state index < -0.39 is 0 Å². The molecule has 0 spiro atoms. The Morgan fingerprint density at radius 2 is 2.00 bits per heavy atom. The molecule has 4 nitrogen and oxygen atoms in total. The average Bonchev–Trinajstić information content (AvgIpc) is 2.96. The van der Waals surface area contributed by atoms with Gasteiger partial charge in [-0.1, -0.05) is 65.4 Å². The molecule has 1 N–H and O–H groups in total. The Morgan fingerprint density at radius 3 is 2.75 bits per heavy atom. The fourth-order valence-electron chi connectivity index (χ4n) is 2.40. The van der Waals surface area contributed by atoms with E-state index in [2.05, 4.69) is 40.1 Å². The van der Waals surface area contributed by atoms with Gasteiger partial charge in [-0.2, -0.15) is 0 Å². The number of carbonyl (C=O) groups is 1. The van der Waals surface area contributed by atoms with E-state index in [-0.39, 0.29) is 5.91 Å². The molecule has 1 aliphatic rings. The Kier molecular flexibility index (Phi) is 7.53. The first-order chi connectivity index (χ1) is 13.5. The van der Waals surface area contributed by atoms with Crippen molar-refractivity contribution >= 4 is 50.1 Å². The Bertz CT molecular complexity index is 915. The number of hydrogen-bond acceptors (Lipinski definition) is 5. The zero-order valence-corrected chi connectivity index (χ0v) is 18.9. The van der Waals surface area contributed by atoms with Gasteiger partial charge in [-0.15, -0.1) is 11.8 Å². The number of thioether (sulfide) groups is 1. The number of anilines is 1. The number of ether oxygens (including phenoxy) is 1. The lowest BCUT2D eigenvalue weighted by molar-refractivity contribution is -0.115. The summed E-state index contributed by atoms with van der Waals surface area (Å²) in [6.45, 7) is 4.23. The molecule has 2 aromatic rings. The van der Waals surface area contributed by atoms with Crippen LogP contribution in [0, 0.1) is 5.92 Å². The number of benzene rings is 1. The number of amides is 1. The molecule has 0 saturated carbocycles. The number of halogens is 1. The highest BCUT2D eigenvalue weighted by atomic mass is 79.9. The maximum atomic E-state index is 12.2. The van der Waals surface area contributed by atoms with Gasteiger partial charge < -0.3 is 10.1 Å². The van der Waals surface area contributed by atoms with Gasteiger partial charge in [-0.25, -0.2) is 4.98 Å². The summed E-state index contributed by atoms with van der Waals surface area (Å²) in [5.41, 5.74) is 0.964. The molecule has 1 aromatic carbocycles. The van der Waals surface area contributed by atoms with E-state index in [1.54, 1.807) is 18.0 Å². The Balaban J connectivity index is 1.51. The number of nitrogens with zero attached hydrogens (tertiary/aromatic N) is 1. The third-order valence-corrected chi connectivity index (χ3v) is 6.50. The van der Waals surface area contributed by atoms with Crippen LogP contribution in [0.4, 0.5) is 5.13 Å². The van der Waals surface area contributed by atoms with Crippen molar-refractivity contribution in [3.63, 3.8) is 0 Å². The fourth-order valence-corrected chi connectivity index (χ4v) is 4.44. The summed E-state index contributed by atoms with van der Waals surface area (Å²) >= 11 is 6.52. The van der Waals surface area contributed by atoms with E-state index in [9.17, 15) is 4.79 Å². The standard InChI is InChI=1S/C21H21BrN2O2S2/c1-14(2)18-6-4-3-5-17(26-18)13-27-20-12-23-21(28-20)24-19(25)11-15-7-9-16(22)10-8-15/h3-10,12,14H,11,13H2,1-2H3,(H,23,24,25). The zero-order valence-electron chi connectivity index (χ0n) is 15.6. The first kappa shape index (κ1) is 20.9. The minimum absolute atomic E-state index is 0.0696. The average molecular weight is 477 g/mol. The van der Waals surface area contributed by atoms with Crippen molar-refractivity contribution in [3.05, 3.63) is 76.3 Å². The van der Waals surface area contributed by atoms with E-state index in [4.69, 9.17) is 4.74 Å². The summed E-state index contributed by atoms with van der Waals surface area (Å²) in [5.74, 6) is 2.86. The van der Waals surface area contributed by atoms with Crippen LogP contribution in [-0.2, 0) is 16.0 Å². The number of allylic oxidation sites excluding steroid dienone is 5. The number of rotatable bonds is 7. The quantitative estimate of drug-likeness (QED) is 0.484. The minimum Gasteiger partial charge on any atom is -0.465 e. The van der Waals surface area contributed by atoms with Gasteiger partial charge in [0.25, 0.3) is 0 Å². The molecule has 3 rings (SSSR count). The molecule has 0 unspecified atom stereocenters. The van der Waals surface area contributed by atoms with Crippen LogP contribution in [0.15, 0.2) is 75.0 Å².